The van der Waals surface area contributed by atoms with Gasteiger partial charge in [0, 0.05) is 17.8 Å². The van der Waals surface area contributed by atoms with Crippen molar-refractivity contribution in [3.63, 3.8) is 0 Å². The topological polar surface area (TPSA) is 57.2 Å². The number of alkyl halides is 3. The summed E-state index contributed by atoms with van der Waals surface area (Å²) in [7, 11) is 0. The normalized spacial score (nSPS) is 14.6. The second-order valence-electron chi connectivity index (χ2n) is 4.54. The van der Waals surface area contributed by atoms with Crippen LogP contribution >= 0.6 is 11.8 Å². The lowest BCUT2D eigenvalue weighted by Gasteiger charge is -2.22. The third-order valence-electron chi connectivity index (χ3n) is 2.93. The predicted octanol–water partition coefficient (Wildman–Crippen LogP) is 3.06. The molecule has 0 aromatic carbocycles. The summed E-state index contributed by atoms with van der Waals surface area (Å²) in [5, 5.41) is 14.8. The van der Waals surface area contributed by atoms with Gasteiger partial charge in [0.1, 0.15) is 11.6 Å². The van der Waals surface area contributed by atoms with Gasteiger partial charge in [0.15, 0.2) is 0 Å². The second-order valence-corrected chi connectivity index (χ2v) is 5.62. The summed E-state index contributed by atoms with van der Waals surface area (Å²) in [5.74, 6) is 0.313. The summed E-state index contributed by atoms with van der Waals surface area (Å²) < 4.78 is 38.7. The molecule has 1 heterocycles. The van der Waals surface area contributed by atoms with E-state index in [0.29, 0.717) is 6.54 Å². The zero-order valence-corrected chi connectivity index (χ0v) is 13.0. The zero-order valence-electron chi connectivity index (χ0n) is 12.2. The minimum absolute atomic E-state index is 0.0611. The van der Waals surface area contributed by atoms with Crippen LogP contribution < -0.4 is 10.6 Å². The van der Waals surface area contributed by atoms with E-state index in [1.807, 2.05) is 6.26 Å². The van der Waals surface area contributed by atoms with Crippen LogP contribution in [0.2, 0.25) is 0 Å². The number of pyridine rings is 1. The van der Waals surface area contributed by atoms with Crippen molar-refractivity contribution in [2.24, 2.45) is 0 Å². The van der Waals surface area contributed by atoms with E-state index in [4.69, 9.17) is 0 Å². The fourth-order valence-corrected chi connectivity index (χ4v) is 2.43. The van der Waals surface area contributed by atoms with Crippen LogP contribution in [-0.4, -0.2) is 40.8 Å². The van der Waals surface area contributed by atoms with Crippen molar-refractivity contribution in [2.75, 3.05) is 30.0 Å². The Hall–Kier alpha value is -1.15. The molecule has 4 nitrogen and oxygen atoms in total. The molecule has 0 aliphatic carbocycles. The predicted molar refractivity (Wildman–Crippen MR) is 80.9 cm³/mol. The SMILES string of the molecule is CCNc1cc(C(F)(F)F)cc(NC(C)C(CO)SC)n1. The summed E-state index contributed by atoms with van der Waals surface area (Å²) in [5.41, 5.74) is -0.757. The zero-order chi connectivity index (χ0) is 16.0. The highest BCUT2D eigenvalue weighted by molar-refractivity contribution is 7.99. The Morgan fingerprint density at radius 1 is 1.33 bits per heavy atom. The molecular formula is C13H20F3N3OS. The van der Waals surface area contributed by atoms with Crippen LogP contribution in [0, 0.1) is 0 Å². The molecule has 3 N–H and O–H groups in total. The summed E-state index contributed by atoms with van der Waals surface area (Å²) in [6, 6.07) is 1.75. The molecule has 0 fully saturated rings. The van der Waals surface area contributed by atoms with Crippen molar-refractivity contribution >= 4 is 23.4 Å². The van der Waals surface area contributed by atoms with E-state index in [0.717, 1.165) is 12.1 Å². The molecule has 1 rings (SSSR count). The number of aliphatic hydroxyl groups excluding tert-OH is 1. The van der Waals surface area contributed by atoms with E-state index in [-0.39, 0.29) is 29.5 Å². The first-order valence-electron chi connectivity index (χ1n) is 6.55. The van der Waals surface area contributed by atoms with Crippen LogP contribution in [0.3, 0.4) is 0 Å². The van der Waals surface area contributed by atoms with Gasteiger partial charge in [-0.1, -0.05) is 0 Å². The van der Waals surface area contributed by atoms with Crippen molar-refractivity contribution in [3.05, 3.63) is 17.7 Å². The number of nitrogens with zero attached hydrogens (tertiary/aromatic N) is 1. The number of hydrogen-bond acceptors (Lipinski definition) is 5. The Balaban J connectivity index is 3.02. The molecule has 2 unspecified atom stereocenters. The van der Waals surface area contributed by atoms with E-state index >= 15 is 0 Å². The van der Waals surface area contributed by atoms with Gasteiger partial charge in [0.2, 0.25) is 0 Å². The van der Waals surface area contributed by atoms with E-state index in [1.54, 1.807) is 13.8 Å². The van der Waals surface area contributed by atoms with Crippen LogP contribution in [0.1, 0.15) is 19.4 Å². The van der Waals surface area contributed by atoms with Gasteiger partial charge < -0.3 is 15.7 Å². The van der Waals surface area contributed by atoms with Crippen LogP contribution in [0.25, 0.3) is 0 Å². The largest absolute Gasteiger partial charge is 0.416 e. The molecule has 8 heteroatoms. The smallest absolute Gasteiger partial charge is 0.395 e. The van der Waals surface area contributed by atoms with E-state index in [1.165, 1.54) is 11.8 Å². The highest BCUT2D eigenvalue weighted by Gasteiger charge is 2.32. The lowest BCUT2D eigenvalue weighted by atomic mass is 10.2. The Labute approximate surface area is 126 Å². The first-order valence-corrected chi connectivity index (χ1v) is 7.84. The molecule has 21 heavy (non-hydrogen) atoms. The first kappa shape index (κ1) is 17.9. The molecule has 0 saturated carbocycles. The Morgan fingerprint density at radius 2 is 1.95 bits per heavy atom. The standard InChI is InChI=1S/C13H20F3N3OS/c1-4-17-11-5-9(13(14,15)16)6-12(19-11)18-8(2)10(7-20)21-3/h5-6,8,10,20H,4,7H2,1-3H3,(H2,17,18,19). The molecule has 2 atom stereocenters. The molecule has 0 spiro atoms. The van der Waals surface area contributed by atoms with Crippen LogP contribution in [0.15, 0.2) is 12.1 Å². The minimum Gasteiger partial charge on any atom is -0.395 e. The van der Waals surface area contributed by atoms with Crippen LogP contribution in [0.5, 0.6) is 0 Å². The van der Waals surface area contributed by atoms with Crippen LogP contribution in [-0.2, 0) is 6.18 Å². The second kappa shape index (κ2) is 7.74. The number of anilines is 2. The van der Waals surface area contributed by atoms with Gasteiger partial charge in [0.05, 0.1) is 12.2 Å². The molecular weight excluding hydrogens is 303 g/mol. The molecule has 1 aromatic heterocycles. The summed E-state index contributed by atoms with van der Waals surface area (Å²) in [6.07, 6.45) is -2.59. The highest BCUT2D eigenvalue weighted by Crippen LogP contribution is 2.32. The van der Waals surface area contributed by atoms with Gasteiger partial charge in [-0.25, -0.2) is 4.98 Å². The third kappa shape index (κ3) is 5.28. The number of halogens is 3. The fraction of sp³-hybridized carbons (Fsp3) is 0.615. The highest BCUT2D eigenvalue weighted by atomic mass is 32.2. The molecule has 0 saturated heterocycles. The first-order chi connectivity index (χ1) is 9.81. The molecule has 0 bridgehead atoms. The van der Waals surface area contributed by atoms with Crippen molar-refractivity contribution in [1.82, 2.24) is 4.98 Å². The average Bonchev–Trinajstić information content (AvgIpc) is 2.39. The molecule has 1 aromatic rings. The van der Waals surface area contributed by atoms with Gasteiger partial charge in [-0.2, -0.15) is 24.9 Å². The molecule has 0 radical (unpaired) electrons. The van der Waals surface area contributed by atoms with Gasteiger partial charge >= 0.3 is 6.18 Å². The molecule has 0 aliphatic heterocycles. The number of aliphatic hydroxyl groups is 1. The maximum Gasteiger partial charge on any atom is 0.416 e. The molecule has 120 valence electrons. The summed E-state index contributed by atoms with van der Waals surface area (Å²) in [6.45, 7) is 4.00. The third-order valence-corrected chi connectivity index (χ3v) is 4.09. The quantitative estimate of drug-likeness (QED) is 0.720. The Kier molecular flexibility index (Phi) is 6.60. The monoisotopic (exact) mass is 323 g/mol. The lowest BCUT2D eigenvalue weighted by Crippen LogP contribution is -2.31. The average molecular weight is 323 g/mol. The minimum atomic E-state index is -4.43. The van der Waals surface area contributed by atoms with Gasteiger partial charge in [0.25, 0.3) is 0 Å². The van der Waals surface area contributed by atoms with E-state index in [9.17, 15) is 18.3 Å². The number of nitrogens with one attached hydrogen (secondary N) is 2. The number of rotatable bonds is 7. The summed E-state index contributed by atoms with van der Waals surface area (Å²) >= 11 is 1.44. The molecule has 0 amide bonds. The van der Waals surface area contributed by atoms with Gasteiger partial charge in [-0.3, -0.25) is 0 Å². The Morgan fingerprint density at radius 3 is 2.43 bits per heavy atom. The van der Waals surface area contributed by atoms with Gasteiger partial charge in [-0.05, 0) is 32.2 Å². The fourth-order valence-electron chi connectivity index (χ4n) is 1.80. The number of aromatic nitrogens is 1. The Bertz CT molecular complexity index is 453. The molecule has 0 aliphatic rings. The summed E-state index contributed by atoms with van der Waals surface area (Å²) in [4.78, 5) is 4.11. The number of hydrogen-bond donors (Lipinski definition) is 3. The van der Waals surface area contributed by atoms with Crippen LogP contribution in [0.4, 0.5) is 24.8 Å². The maximum atomic E-state index is 12.9. The number of thioether (sulfide) groups is 1. The van der Waals surface area contributed by atoms with Crippen molar-refractivity contribution in [3.8, 4) is 0 Å². The lowest BCUT2D eigenvalue weighted by molar-refractivity contribution is -0.137. The van der Waals surface area contributed by atoms with Crippen molar-refractivity contribution in [2.45, 2.75) is 31.3 Å². The van der Waals surface area contributed by atoms with Gasteiger partial charge in [-0.15, -0.1) is 0 Å². The maximum absolute atomic E-state index is 12.9. The van der Waals surface area contributed by atoms with Crippen molar-refractivity contribution < 1.29 is 18.3 Å². The van der Waals surface area contributed by atoms with Crippen molar-refractivity contribution in [1.29, 1.82) is 0 Å². The van der Waals surface area contributed by atoms with E-state index in [2.05, 4.69) is 15.6 Å². The van der Waals surface area contributed by atoms with E-state index < -0.39 is 11.7 Å².